The third kappa shape index (κ3) is 4.73. The number of carbonyl (C=O) groups is 1. The second-order valence-corrected chi connectivity index (χ2v) is 8.06. The summed E-state index contributed by atoms with van der Waals surface area (Å²) >= 11 is 0. The van der Waals surface area contributed by atoms with Crippen LogP contribution in [0.15, 0.2) is 54.6 Å². The van der Waals surface area contributed by atoms with Gasteiger partial charge in [0.1, 0.15) is 5.75 Å². The van der Waals surface area contributed by atoms with Gasteiger partial charge >= 0.3 is 0 Å². The first-order valence-corrected chi connectivity index (χ1v) is 10.7. The van der Waals surface area contributed by atoms with Gasteiger partial charge in [-0.25, -0.2) is 0 Å². The third-order valence-corrected chi connectivity index (χ3v) is 6.24. The maximum atomic E-state index is 12.6. The van der Waals surface area contributed by atoms with Gasteiger partial charge in [-0.15, -0.1) is 0 Å². The molecule has 0 unspecified atom stereocenters. The van der Waals surface area contributed by atoms with Crippen LogP contribution in [0.1, 0.15) is 23.2 Å². The van der Waals surface area contributed by atoms with Crippen LogP contribution in [-0.4, -0.2) is 68.6 Å². The van der Waals surface area contributed by atoms with Crippen LogP contribution in [0.5, 0.6) is 5.75 Å². The molecule has 0 aliphatic carbocycles. The fourth-order valence-electron chi connectivity index (χ4n) is 4.51. The molecule has 0 saturated carbocycles. The van der Waals surface area contributed by atoms with Crippen molar-refractivity contribution in [3.63, 3.8) is 0 Å². The highest BCUT2D eigenvalue weighted by atomic mass is 16.5. The van der Waals surface area contributed by atoms with Crippen LogP contribution in [-0.2, 0) is 0 Å². The average Bonchev–Trinajstić information content (AvgIpc) is 2.80. The highest BCUT2D eigenvalue weighted by molar-refractivity contribution is 5.94. The third-order valence-electron chi connectivity index (χ3n) is 6.24. The number of para-hydroxylation sites is 2. The van der Waals surface area contributed by atoms with Gasteiger partial charge in [0.15, 0.2) is 0 Å². The number of nitrogens with zero attached hydrogens (tertiary/aromatic N) is 3. The molecule has 4 rings (SSSR count). The molecule has 2 aromatic carbocycles. The van der Waals surface area contributed by atoms with Crippen molar-refractivity contribution < 1.29 is 9.53 Å². The van der Waals surface area contributed by atoms with Gasteiger partial charge in [0, 0.05) is 51.4 Å². The standard InChI is InChI=1S/C24H31N3O2/c1-29-23-10-6-5-9-22(23)26-17-15-25(16-18-26)19-20-11-13-27(14-12-20)24(28)21-7-3-2-4-8-21/h2-10,20H,11-19H2,1H3. The van der Waals surface area contributed by atoms with E-state index in [0.717, 1.165) is 70.0 Å². The Kier molecular flexibility index (Phi) is 6.35. The lowest BCUT2D eigenvalue weighted by Crippen LogP contribution is -2.49. The molecule has 2 heterocycles. The van der Waals surface area contributed by atoms with Crippen molar-refractivity contribution in [2.24, 2.45) is 5.92 Å². The number of methoxy groups -OCH3 is 1. The fraction of sp³-hybridized carbons (Fsp3) is 0.458. The van der Waals surface area contributed by atoms with Gasteiger partial charge in [-0.3, -0.25) is 9.69 Å². The Balaban J connectivity index is 1.23. The Labute approximate surface area is 173 Å². The summed E-state index contributed by atoms with van der Waals surface area (Å²) < 4.78 is 5.52. The van der Waals surface area contributed by atoms with Gasteiger partial charge in [-0.05, 0) is 43.0 Å². The zero-order valence-corrected chi connectivity index (χ0v) is 17.3. The second kappa shape index (κ2) is 9.31. The number of piperazine rings is 1. The van der Waals surface area contributed by atoms with Crippen LogP contribution >= 0.6 is 0 Å². The van der Waals surface area contributed by atoms with E-state index in [-0.39, 0.29) is 5.91 Å². The van der Waals surface area contributed by atoms with Crippen molar-refractivity contribution in [3.05, 3.63) is 60.2 Å². The summed E-state index contributed by atoms with van der Waals surface area (Å²) in [5.74, 6) is 1.82. The monoisotopic (exact) mass is 393 g/mol. The zero-order valence-electron chi connectivity index (χ0n) is 17.3. The molecule has 2 fully saturated rings. The molecule has 0 spiro atoms. The zero-order chi connectivity index (χ0) is 20.1. The number of ether oxygens (including phenoxy) is 1. The maximum Gasteiger partial charge on any atom is 0.253 e. The molecule has 1 amide bonds. The summed E-state index contributed by atoms with van der Waals surface area (Å²) in [6.45, 7) is 7.13. The molecule has 2 aliphatic rings. The largest absolute Gasteiger partial charge is 0.495 e. The van der Waals surface area contributed by atoms with Crippen molar-refractivity contribution in [2.45, 2.75) is 12.8 Å². The van der Waals surface area contributed by atoms with Gasteiger partial charge in [0.05, 0.1) is 12.8 Å². The predicted molar refractivity (Wildman–Crippen MR) is 117 cm³/mol. The Bertz CT molecular complexity index is 795. The SMILES string of the molecule is COc1ccccc1N1CCN(CC2CCN(C(=O)c3ccccc3)CC2)CC1. The summed E-state index contributed by atoms with van der Waals surface area (Å²) in [5.41, 5.74) is 2.00. The minimum absolute atomic E-state index is 0.175. The van der Waals surface area contributed by atoms with E-state index in [0.29, 0.717) is 5.92 Å². The molecule has 29 heavy (non-hydrogen) atoms. The van der Waals surface area contributed by atoms with E-state index in [9.17, 15) is 4.79 Å². The van der Waals surface area contributed by atoms with Crippen molar-refractivity contribution in [2.75, 3.05) is 57.8 Å². The number of likely N-dealkylation sites (tertiary alicyclic amines) is 1. The number of piperidine rings is 1. The molecule has 2 saturated heterocycles. The summed E-state index contributed by atoms with van der Waals surface area (Å²) in [7, 11) is 1.74. The summed E-state index contributed by atoms with van der Waals surface area (Å²) in [6.07, 6.45) is 2.20. The van der Waals surface area contributed by atoms with Crippen LogP contribution in [0.2, 0.25) is 0 Å². The number of hydrogen-bond donors (Lipinski definition) is 0. The highest BCUT2D eigenvalue weighted by Gasteiger charge is 2.26. The summed E-state index contributed by atoms with van der Waals surface area (Å²) in [4.78, 5) is 19.7. The first kappa shape index (κ1) is 19.8. The molecule has 154 valence electrons. The van der Waals surface area contributed by atoms with Gasteiger partial charge in [0.2, 0.25) is 0 Å². The van der Waals surface area contributed by atoms with Crippen molar-refractivity contribution in [1.29, 1.82) is 0 Å². The van der Waals surface area contributed by atoms with Gasteiger partial charge < -0.3 is 14.5 Å². The van der Waals surface area contributed by atoms with Gasteiger partial charge in [-0.2, -0.15) is 0 Å². The average molecular weight is 394 g/mol. The lowest BCUT2D eigenvalue weighted by molar-refractivity contribution is 0.0665. The van der Waals surface area contributed by atoms with E-state index in [1.54, 1.807) is 7.11 Å². The molecule has 2 aliphatic heterocycles. The quantitative estimate of drug-likeness (QED) is 0.780. The molecule has 5 heteroatoms. The molecule has 0 N–H and O–H groups in total. The van der Waals surface area contributed by atoms with Crippen LogP contribution in [0.3, 0.4) is 0 Å². The number of benzene rings is 2. The number of hydrogen-bond acceptors (Lipinski definition) is 4. The van der Waals surface area contributed by atoms with E-state index in [2.05, 4.69) is 21.9 Å². The van der Waals surface area contributed by atoms with Crippen LogP contribution < -0.4 is 9.64 Å². The molecule has 5 nitrogen and oxygen atoms in total. The van der Waals surface area contributed by atoms with Crippen LogP contribution in [0.25, 0.3) is 0 Å². The van der Waals surface area contributed by atoms with Crippen LogP contribution in [0.4, 0.5) is 5.69 Å². The molecular weight excluding hydrogens is 362 g/mol. The molecule has 2 aromatic rings. The minimum atomic E-state index is 0.175. The molecular formula is C24H31N3O2. The Morgan fingerprint density at radius 1 is 0.897 bits per heavy atom. The first-order chi connectivity index (χ1) is 14.2. The lowest BCUT2D eigenvalue weighted by atomic mass is 9.95. The van der Waals surface area contributed by atoms with Crippen molar-refractivity contribution >= 4 is 11.6 Å². The first-order valence-electron chi connectivity index (χ1n) is 10.7. The topological polar surface area (TPSA) is 36.0 Å². The van der Waals surface area contributed by atoms with E-state index in [4.69, 9.17) is 4.74 Å². The fourth-order valence-corrected chi connectivity index (χ4v) is 4.51. The summed E-state index contributed by atoms with van der Waals surface area (Å²) in [6, 6.07) is 17.9. The smallest absolute Gasteiger partial charge is 0.253 e. The molecule has 0 aromatic heterocycles. The second-order valence-electron chi connectivity index (χ2n) is 8.06. The summed E-state index contributed by atoms with van der Waals surface area (Å²) in [5, 5.41) is 0. The Morgan fingerprint density at radius 2 is 1.55 bits per heavy atom. The predicted octanol–water partition coefficient (Wildman–Crippen LogP) is 3.37. The highest BCUT2D eigenvalue weighted by Crippen LogP contribution is 2.29. The Hall–Kier alpha value is -2.53. The van der Waals surface area contributed by atoms with Crippen molar-refractivity contribution in [3.8, 4) is 5.75 Å². The minimum Gasteiger partial charge on any atom is -0.495 e. The Morgan fingerprint density at radius 3 is 2.24 bits per heavy atom. The lowest BCUT2D eigenvalue weighted by Gasteiger charge is -2.40. The van der Waals surface area contributed by atoms with E-state index in [1.807, 2.05) is 47.4 Å². The molecule has 0 radical (unpaired) electrons. The maximum absolute atomic E-state index is 12.6. The molecule has 0 bridgehead atoms. The molecule has 0 atom stereocenters. The van der Waals surface area contributed by atoms with E-state index < -0.39 is 0 Å². The van der Waals surface area contributed by atoms with Gasteiger partial charge in [-0.1, -0.05) is 30.3 Å². The number of anilines is 1. The van der Waals surface area contributed by atoms with Gasteiger partial charge in [0.25, 0.3) is 5.91 Å². The number of rotatable bonds is 5. The van der Waals surface area contributed by atoms with E-state index in [1.165, 1.54) is 5.69 Å². The number of carbonyl (C=O) groups excluding carboxylic acids is 1. The normalized spacial score (nSPS) is 18.7. The van der Waals surface area contributed by atoms with Crippen molar-refractivity contribution in [1.82, 2.24) is 9.80 Å². The van der Waals surface area contributed by atoms with E-state index >= 15 is 0 Å². The van der Waals surface area contributed by atoms with Crippen LogP contribution in [0, 0.1) is 5.92 Å². The number of amides is 1.